The van der Waals surface area contributed by atoms with Crippen LogP contribution in [0.25, 0.3) is 11.1 Å². The van der Waals surface area contributed by atoms with Crippen LogP contribution < -0.4 is 4.90 Å². The normalized spacial score (nSPS) is 16.9. The predicted octanol–water partition coefficient (Wildman–Crippen LogP) is 3.45. The van der Waals surface area contributed by atoms with E-state index in [1.165, 1.54) is 25.0 Å². The zero-order chi connectivity index (χ0) is 19.8. The maximum atomic E-state index is 13.1. The summed E-state index contributed by atoms with van der Waals surface area (Å²) in [7, 11) is 0. The number of H-pyrrole nitrogens is 1. The minimum Gasteiger partial charge on any atom is -0.357 e. The van der Waals surface area contributed by atoms with Crippen LogP contribution in [-0.4, -0.2) is 52.2 Å². The molecule has 2 fully saturated rings. The molecular formula is C22H22FN5O. The van der Waals surface area contributed by atoms with Gasteiger partial charge in [-0.1, -0.05) is 12.1 Å². The van der Waals surface area contributed by atoms with Gasteiger partial charge in [0.2, 0.25) is 0 Å². The van der Waals surface area contributed by atoms with Crippen molar-refractivity contribution >= 4 is 11.7 Å². The number of anilines is 1. The number of carbonyl (C=O) groups is 1. The maximum absolute atomic E-state index is 13.1. The molecule has 0 spiro atoms. The Morgan fingerprint density at radius 1 is 0.966 bits per heavy atom. The van der Waals surface area contributed by atoms with Gasteiger partial charge in [0.25, 0.3) is 5.91 Å². The van der Waals surface area contributed by atoms with E-state index in [1.807, 2.05) is 17.0 Å². The first-order valence-corrected chi connectivity index (χ1v) is 9.99. The van der Waals surface area contributed by atoms with Crippen LogP contribution in [-0.2, 0) is 0 Å². The first kappa shape index (κ1) is 17.8. The van der Waals surface area contributed by atoms with Gasteiger partial charge in [0.15, 0.2) is 5.82 Å². The summed E-state index contributed by atoms with van der Waals surface area (Å²) in [6.07, 6.45) is 4.22. The monoisotopic (exact) mass is 391 g/mol. The molecule has 3 heterocycles. The molecule has 7 heteroatoms. The molecule has 1 aliphatic heterocycles. The number of hydrogen-bond donors (Lipinski definition) is 1. The second kappa shape index (κ2) is 7.31. The maximum Gasteiger partial charge on any atom is 0.270 e. The second-order valence-electron chi connectivity index (χ2n) is 7.68. The fraction of sp³-hybridized carbons (Fsp3) is 0.318. The number of piperazine rings is 1. The Labute approximate surface area is 168 Å². The third-order valence-corrected chi connectivity index (χ3v) is 5.65. The van der Waals surface area contributed by atoms with Crippen molar-refractivity contribution in [2.45, 2.75) is 18.8 Å². The van der Waals surface area contributed by atoms with Crippen molar-refractivity contribution in [3.8, 4) is 11.1 Å². The molecule has 0 bridgehead atoms. The molecule has 2 aromatic heterocycles. The molecular weight excluding hydrogens is 369 g/mol. The molecule has 0 atom stereocenters. The number of rotatable bonds is 4. The number of benzene rings is 1. The summed E-state index contributed by atoms with van der Waals surface area (Å²) in [5, 5.41) is 8.73. The van der Waals surface area contributed by atoms with Crippen molar-refractivity contribution in [1.29, 1.82) is 0 Å². The first-order chi connectivity index (χ1) is 14.2. The highest BCUT2D eigenvalue weighted by atomic mass is 19.1. The number of amides is 1. The summed E-state index contributed by atoms with van der Waals surface area (Å²) < 4.78 is 13.1. The minimum absolute atomic E-state index is 0.0202. The van der Waals surface area contributed by atoms with Gasteiger partial charge >= 0.3 is 0 Å². The van der Waals surface area contributed by atoms with Crippen molar-refractivity contribution in [1.82, 2.24) is 20.1 Å². The molecule has 29 heavy (non-hydrogen) atoms. The van der Waals surface area contributed by atoms with Gasteiger partial charge in [-0.3, -0.25) is 4.79 Å². The lowest BCUT2D eigenvalue weighted by Gasteiger charge is -2.35. The van der Waals surface area contributed by atoms with Gasteiger partial charge in [-0.25, -0.2) is 4.39 Å². The lowest BCUT2D eigenvalue weighted by Crippen LogP contribution is -2.49. The molecule has 2 aliphatic rings. The molecule has 3 aromatic rings. The molecule has 6 nitrogen and oxygen atoms in total. The molecule has 1 aliphatic carbocycles. The quantitative estimate of drug-likeness (QED) is 0.740. The van der Waals surface area contributed by atoms with E-state index in [0.29, 0.717) is 24.7 Å². The van der Waals surface area contributed by atoms with Crippen LogP contribution in [0.15, 0.2) is 48.7 Å². The van der Waals surface area contributed by atoms with Gasteiger partial charge < -0.3 is 14.8 Å². The van der Waals surface area contributed by atoms with Crippen LogP contribution >= 0.6 is 0 Å². The van der Waals surface area contributed by atoms with Gasteiger partial charge in [0.05, 0.1) is 5.69 Å². The van der Waals surface area contributed by atoms with Crippen molar-refractivity contribution < 1.29 is 9.18 Å². The van der Waals surface area contributed by atoms with Gasteiger partial charge in [-0.2, -0.15) is 5.10 Å². The van der Waals surface area contributed by atoms with E-state index in [1.54, 1.807) is 18.3 Å². The van der Waals surface area contributed by atoms with E-state index in [9.17, 15) is 9.18 Å². The molecule has 0 unspecified atom stereocenters. The summed E-state index contributed by atoms with van der Waals surface area (Å²) >= 11 is 0. The van der Waals surface area contributed by atoms with Crippen molar-refractivity contribution in [3.05, 3.63) is 65.9 Å². The lowest BCUT2D eigenvalue weighted by molar-refractivity contribution is 0.0741. The Morgan fingerprint density at radius 3 is 2.38 bits per heavy atom. The zero-order valence-electron chi connectivity index (χ0n) is 16.0. The number of halogens is 1. The third kappa shape index (κ3) is 3.72. The number of aromatic nitrogens is 3. The first-order valence-electron chi connectivity index (χ1n) is 9.99. The number of nitrogens with one attached hydrogen (secondary N) is 1. The van der Waals surface area contributed by atoms with Crippen LogP contribution in [0.4, 0.5) is 10.2 Å². The average molecular weight is 391 g/mol. The second-order valence-corrected chi connectivity index (χ2v) is 7.68. The van der Waals surface area contributed by atoms with Gasteiger partial charge in [0.1, 0.15) is 11.5 Å². The Balaban J connectivity index is 1.21. The number of carbonyl (C=O) groups excluding carboxylic acids is 1. The van der Waals surface area contributed by atoms with Gasteiger partial charge in [-0.15, -0.1) is 5.10 Å². The molecule has 1 aromatic carbocycles. The van der Waals surface area contributed by atoms with E-state index in [0.717, 1.165) is 35.7 Å². The number of nitrogens with zero attached hydrogens (tertiary/aromatic N) is 4. The molecule has 1 N–H and O–H groups in total. The van der Waals surface area contributed by atoms with Crippen molar-refractivity contribution in [2.24, 2.45) is 0 Å². The van der Waals surface area contributed by atoms with E-state index in [2.05, 4.69) is 26.1 Å². The van der Waals surface area contributed by atoms with Gasteiger partial charge in [0, 0.05) is 38.3 Å². The fourth-order valence-corrected chi connectivity index (χ4v) is 3.74. The van der Waals surface area contributed by atoms with E-state index in [4.69, 9.17) is 0 Å². The Kier molecular flexibility index (Phi) is 4.50. The summed E-state index contributed by atoms with van der Waals surface area (Å²) in [4.78, 5) is 19.9. The van der Waals surface area contributed by atoms with Crippen LogP contribution in [0.1, 0.15) is 34.9 Å². The summed E-state index contributed by atoms with van der Waals surface area (Å²) in [6, 6.07) is 12.2. The van der Waals surface area contributed by atoms with Gasteiger partial charge in [-0.05, 0) is 54.3 Å². The molecule has 1 saturated heterocycles. The topological polar surface area (TPSA) is 65.1 Å². The molecule has 1 saturated carbocycles. The van der Waals surface area contributed by atoms with Crippen LogP contribution in [0.3, 0.4) is 0 Å². The summed E-state index contributed by atoms with van der Waals surface area (Å²) in [5.41, 5.74) is 3.38. The number of hydrogen-bond acceptors (Lipinski definition) is 4. The molecule has 148 valence electrons. The van der Waals surface area contributed by atoms with Crippen molar-refractivity contribution in [3.63, 3.8) is 0 Å². The molecule has 0 radical (unpaired) electrons. The highest BCUT2D eigenvalue weighted by Gasteiger charge is 2.27. The van der Waals surface area contributed by atoms with E-state index < -0.39 is 0 Å². The van der Waals surface area contributed by atoms with E-state index in [-0.39, 0.29) is 11.7 Å². The van der Waals surface area contributed by atoms with Crippen molar-refractivity contribution in [2.75, 3.05) is 31.1 Å². The van der Waals surface area contributed by atoms with Crippen LogP contribution in [0.5, 0.6) is 0 Å². The standard InChI is InChI=1S/C22H22FN5O/c23-18-5-3-15(4-6-18)17-13-20(24-14-17)22(29)28-11-9-27(10-12-28)21-8-7-19(25-26-21)16-1-2-16/h3-8,13-14,16,24H,1-2,9-12H2. The van der Waals surface area contributed by atoms with Crippen LogP contribution in [0.2, 0.25) is 0 Å². The largest absolute Gasteiger partial charge is 0.357 e. The molecule has 5 rings (SSSR count). The highest BCUT2D eigenvalue weighted by Crippen LogP contribution is 2.38. The Morgan fingerprint density at radius 2 is 1.72 bits per heavy atom. The SMILES string of the molecule is O=C(c1cc(-c2ccc(F)cc2)c[nH]1)N1CCN(c2ccc(C3CC3)nn2)CC1. The third-order valence-electron chi connectivity index (χ3n) is 5.65. The zero-order valence-corrected chi connectivity index (χ0v) is 16.0. The minimum atomic E-state index is -0.273. The smallest absolute Gasteiger partial charge is 0.270 e. The Bertz CT molecular complexity index is 1000. The van der Waals surface area contributed by atoms with E-state index >= 15 is 0 Å². The number of aromatic amines is 1. The molecule has 1 amide bonds. The highest BCUT2D eigenvalue weighted by molar-refractivity contribution is 5.94. The summed E-state index contributed by atoms with van der Waals surface area (Å²) in [6.45, 7) is 2.73. The average Bonchev–Trinajstić information content (AvgIpc) is 3.51. The summed E-state index contributed by atoms with van der Waals surface area (Å²) in [5.74, 6) is 1.19. The lowest BCUT2D eigenvalue weighted by atomic mass is 10.1. The fourth-order valence-electron chi connectivity index (χ4n) is 3.74. The predicted molar refractivity (Wildman–Crippen MR) is 108 cm³/mol. The van der Waals surface area contributed by atoms with Crippen LogP contribution in [0, 0.1) is 5.82 Å². The Hall–Kier alpha value is -3.22.